The van der Waals surface area contributed by atoms with Crippen LogP contribution in [0.3, 0.4) is 0 Å². The zero-order valence-electron chi connectivity index (χ0n) is 17.0. The van der Waals surface area contributed by atoms with Gasteiger partial charge in [-0.1, -0.05) is 42.8 Å². The quantitative estimate of drug-likeness (QED) is 0.462. The first-order valence-corrected chi connectivity index (χ1v) is 10.9. The van der Waals surface area contributed by atoms with Gasteiger partial charge in [0.15, 0.2) is 5.82 Å². The number of benzene rings is 2. The second-order valence-corrected chi connectivity index (χ2v) is 8.25. The Hall–Kier alpha value is -2.92. The molecule has 5 nitrogen and oxygen atoms in total. The van der Waals surface area contributed by atoms with E-state index in [4.69, 9.17) is 26.7 Å². The lowest BCUT2D eigenvalue weighted by Gasteiger charge is -2.20. The van der Waals surface area contributed by atoms with E-state index in [9.17, 15) is 0 Å². The van der Waals surface area contributed by atoms with E-state index in [1.807, 2.05) is 28.8 Å². The molecule has 0 radical (unpaired) electrons. The molecule has 0 bridgehead atoms. The maximum atomic E-state index is 6.01. The summed E-state index contributed by atoms with van der Waals surface area (Å²) in [5.74, 6) is 2.41. The maximum Gasteiger partial charge on any atom is 0.254 e. The molecule has 0 saturated carbocycles. The number of nitrogens with one attached hydrogen (secondary N) is 1. The molecule has 1 aliphatic carbocycles. The van der Waals surface area contributed by atoms with Crippen LogP contribution in [-0.4, -0.2) is 19.6 Å². The number of hydrogen-bond donors (Lipinski definition) is 1. The molecule has 30 heavy (non-hydrogen) atoms. The highest BCUT2D eigenvalue weighted by molar-refractivity contribution is 6.30. The fourth-order valence-corrected chi connectivity index (χ4v) is 4.16. The molecule has 152 valence electrons. The summed E-state index contributed by atoms with van der Waals surface area (Å²) >= 11 is 6.01. The Morgan fingerprint density at radius 2 is 1.67 bits per heavy atom. The number of nitrogens with zero attached hydrogens (tertiary/aromatic N) is 4. The van der Waals surface area contributed by atoms with E-state index in [-0.39, 0.29) is 0 Å². The summed E-state index contributed by atoms with van der Waals surface area (Å²) in [4.78, 5) is 9.59. The number of anilines is 2. The van der Waals surface area contributed by atoms with Crippen molar-refractivity contribution in [3.05, 3.63) is 81.8 Å². The first kappa shape index (κ1) is 19.1. The smallest absolute Gasteiger partial charge is 0.254 e. The average Bonchev–Trinajstić information content (AvgIpc) is 3.18. The molecule has 6 heteroatoms. The van der Waals surface area contributed by atoms with Gasteiger partial charge in [-0.25, -0.2) is 4.98 Å². The molecule has 5 rings (SSSR count). The fourth-order valence-electron chi connectivity index (χ4n) is 4.03. The summed E-state index contributed by atoms with van der Waals surface area (Å²) < 4.78 is 1.88. The Kier molecular flexibility index (Phi) is 5.13. The van der Waals surface area contributed by atoms with Crippen LogP contribution in [0.25, 0.3) is 5.78 Å². The number of aromatic nitrogens is 4. The second-order valence-electron chi connectivity index (χ2n) is 7.81. The highest BCUT2D eigenvalue weighted by Gasteiger charge is 2.21. The molecule has 0 fully saturated rings. The molecule has 1 aliphatic rings. The highest BCUT2D eigenvalue weighted by atomic mass is 35.5. The molecule has 2 heterocycles. The third kappa shape index (κ3) is 3.77. The summed E-state index contributed by atoms with van der Waals surface area (Å²) in [5, 5.41) is 9.16. The SMILES string of the molecule is CCc1ccc(Nc2c3c(nc4nc(Cc5ccc(Cl)cc5)nn24)CCCC3)cc1. The summed E-state index contributed by atoms with van der Waals surface area (Å²) in [6, 6.07) is 16.4. The Morgan fingerprint density at radius 1 is 0.933 bits per heavy atom. The van der Waals surface area contributed by atoms with Crippen molar-refractivity contribution in [1.29, 1.82) is 0 Å². The number of aryl methyl sites for hydroxylation is 2. The fraction of sp³-hybridized carbons (Fsp3) is 0.292. The van der Waals surface area contributed by atoms with E-state index >= 15 is 0 Å². The van der Waals surface area contributed by atoms with Gasteiger partial charge in [-0.3, -0.25) is 0 Å². The first-order chi connectivity index (χ1) is 14.7. The van der Waals surface area contributed by atoms with Gasteiger partial charge in [-0.15, -0.1) is 5.10 Å². The molecule has 1 N–H and O–H groups in total. The topological polar surface area (TPSA) is 55.1 Å². The van der Waals surface area contributed by atoms with Crippen molar-refractivity contribution in [3.8, 4) is 0 Å². The maximum absolute atomic E-state index is 6.01. The molecule has 0 spiro atoms. The van der Waals surface area contributed by atoms with Crippen LogP contribution in [0.15, 0.2) is 48.5 Å². The van der Waals surface area contributed by atoms with E-state index in [1.54, 1.807) is 0 Å². The lowest BCUT2D eigenvalue weighted by Crippen LogP contribution is -2.13. The normalized spacial score (nSPS) is 13.4. The molecular formula is C24H24ClN5. The van der Waals surface area contributed by atoms with Gasteiger partial charge in [0.25, 0.3) is 5.78 Å². The first-order valence-electron chi connectivity index (χ1n) is 10.6. The lowest BCUT2D eigenvalue weighted by atomic mass is 9.96. The van der Waals surface area contributed by atoms with Gasteiger partial charge >= 0.3 is 0 Å². The highest BCUT2D eigenvalue weighted by Crippen LogP contribution is 2.30. The molecule has 0 unspecified atom stereocenters. The molecule has 0 saturated heterocycles. The summed E-state index contributed by atoms with van der Waals surface area (Å²) in [5.41, 5.74) is 5.92. The van der Waals surface area contributed by atoms with E-state index in [0.29, 0.717) is 12.2 Å². The minimum absolute atomic E-state index is 0.649. The predicted molar refractivity (Wildman–Crippen MR) is 121 cm³/mol. The van der Waals surface area contributed by atoms with Crippen LogP contribution in [-0.2, 0) is 25.7 Å². The molecule has 0 amide bonds. The van der Waals surface area contributed by atoms with Crippen LogP contribution in [0.4, 0.5) is 11.5 Å². The van der Waals surface area contributed by atoms with Crippen LogP contribution >= 0.6 is 11.6 Å². The van der Waals surface area contributed by atoms with Gasteiger partial charge in [0.05, 0.1) is 5.69 Å². The Bertz CT molecular complexity index is 1180. The standard InChI is InChI=1S/C24H24ClN5/c1-2-16-9-13-19(14-10-16)26-23-20-5-3-4-6-21(20)27-24-28-22(29-30(23)24)15-17-7-11-18(25)12-8-17/h7-14,26H,2-6,15H2,1H3. The monoisotopic (exact) mass is 417 g/mol. The molecule has 2 aromatic heterocycles. The van der Waals surface area contributed by atoms with Gasteiger partial charge in [-0.05, 0) is 67.5 Å². The van der Waals surface area contributed by atoms with Crippen molar-refractivity contribution in [2.24, 2.45) is 0 Å². The van der Waals surface area contributed by atoms with Gasteiger partial charge < -0.3 is 5.32 Å². The Morgan fingerprint density at radius 3 is 2.43 bits per heavy atom. The van der Waals surface area contributed by atoms with Gasteiger partial charge in [0.1, 0.15) is 5.82 Å². The Labute approximate surface area is 181 Å². The van der Waals surface area contributed by atoms with E-state index in [1.165, 1.54) is 24.0 Å². The molecule has 4 aromatic rings. The van der Waals surface area contributed by atoms with E-state index in [0.717, 1.165) is 52.9 Å². The average molecular weight is 418 g/mol. The van der Waals surface area contributed by atoms with Crippen LogP contribution in [0, 0.1) is 0 Å². The zero-order chi connectivity index (χ0) is 20.5. The van der Waals surface area contributed by atoms with E-state index < -0.39 is 0 Å². The number of halogens is 1. The summed E-state index contributed by atoms with van der Waals surface area (Å²) in [6.07, 6.45) is 6.04. The third-order valence-corrected chi connectivity index (χ3v) is 5.96. The summed E-state index contributed by atoms with van der Waals surface area (Å²) in [7, 11) is 0. The zero-order valence-corrected chi connectivity index (χ0v) is 17.8. The van der Waals surface area contributed by atoms with Crippen molar-refractivity contribution in [2.75, 3.05) is 5.32 Å². The predicted octanol–water partition coefficient (Wildman–Crippen LogP) is 5.55. The second kappa shape index (κ2) is 8.07. The van der Waals surface area contributed by atoms with Crippen LogP contribution in [0.1, 0.15) is 48.0 Å². The van der Waals surface area contributed by atoms with Crippen LogP contribution in [0.2, 0.25) is 5.02 Å². The van der Waals surface area contributed by atoms with Crippen LogP contribution in [0.5, 0.6) is 0 Å². The third-order valence-electron chi connectivity index (χ3n) is 5.71. The molecular weight excluding hydrogens is 394 g/mol. The van der Waals surface area contributed by atoms with Crippen molar-refractivity contribution >= 4 is 28.9 Å². The van der Waals surface area contributed by atoms with Crippen LogP contribution < -0.4 is 5.32 Å². The molecule has 2 aromatic carbocycles. The van der Waals surface area contributed by atoms with E-state index in [2.05, 4.69) is 36.5 Å². The Balaban J connectivity index is 1.55. The van der Waals surface area contributed by atoms with Crippen molar-refractivity contribution in [2.45, 2.75) is 45.4 Å². The minimum Gasteiger partial charge on any atom is -0.340 e. The largest absolute Gasteiger partial charge is 0.340 e. The van der Waals surface area contributed by atoms with Crippen molar-refractivity contribution in [3.63, 3.8) is 0 Å². The number of fused-ring (bicyclic) bond motifs is 2. The number of hydrogen-bond acceptors (Lipinski definition) is 4. The lowest BCUT2D eigenvalue weighted by molar-refractivity contribution is 0.662. The van der Waals surface area contributed by atoms with Gasteiger partial charge in [0, 0.05) is 22.7 Å². The van der Waals surface area contributed by atoms with Gasteiger partial charge in [-0.2, -0.15) is 9.50 Å². The minimum atomic E-state index is 0.649. The molecule has 0 atom stereocenters. The van der Waals surface area contributed by atoms with Crippen molar-refractivity contribution < 1.29 is 0 Å². The number of rotatable bonds is 5. The van der Waals surface area contributed by atoms with Gasteiger partial charge in [0.2, 0.25) is 0 Å². The van der Waals surface area contributed by atoms with Crippen molar-refractivity contribution in [1.82, 2.24) is 19.6 Å². The molecule has 0 aliphatic heterocycles. The summed E-state index contributed by atoms with van der Waals surface area (Å²) in [6.45, 7) is 2.17.